The summed E-state index contributed by atoms with van der Waals surface area (Å²) in [7, 11) is 0. The zero-order chi connectivity index (χ0) is 19.0. The first-order chi connectivity index (χ1) is 13.0. The molecule has 0 aliphatic carbocycles. The van der Waals surface area contributed by atoms with E-state index in [-0.39, 0.29) is 29.4 Å². The van der Waals surface area contributed by atoms with E-state index in [2.05, 4.69) is 6.92 Å². The lowest BCUT2D eigenvalue weighted by atomic mass is 9.80. The molecule has 3 aliphatic rings. The maximum absolute atomic E-state index is 12.8. The minimum atomic E-state index is -0.287. The minimum Gasteiger partial charge on any atom is -0.362 e. The highest BCUT2D eigenvalue weighted by atomic mass is 16.5. The second-order valence-electron chi connectivity index (χ2n) is 8.51. The molecule has 1 aromatic carbocycles. The van der Waals surface area contributed by atoms with Gasteiger partial charge in [-0.15, -0.1) is 0 Å². The van der Waals surface area contributed by atoms with Crippen LogP contribution in [0, 0.1) is 12.8 Å². The fourth-order valence-electron chi connectivity index (χ4n) is 4.86. The molecule has 3 heterocycles. The van der Waals surface area contributed by atoms with E-state index in [9.17, 15) is 9.59 Å². The number of nitrogens with zero attached hydrogens (tertiary/aromatic N) is 2. The van der Waals surface area contributed by atoms with Crippen LogP contribution in [-0.4, -0.2) is 59.5 Å². The Balaban J connectivity index is 1.39. The van der Waals surface area contributed by atoms with Gasteiger partial charge >= 0.3 is 0 Å². The summed E-state index contributed by atoms with van der Waals surface area (Å²) < 4.78 is 6.40. The Hall–Kier alpha value is -1.88. The highest BCUT2D eigenvalue weighted by Gasteiger charge is 2.50. The highest BCUT2D eigenvalue weighted by Crippen LogP contribution is 2.43. The van der Waals surface area contributed by atoms with E-state index in [0.29, 0.717) is 13.1 Å². The molecule has 3 fully saturated rings. The molecule has 0 N–H and O–H groups in total. The van der Waals surface area contributed by atoms with Gasteiger partial charge in [-0.1, -0.05) is 24.6 Å². The van der Waals surface area contributed by atoms with Gasteiger partial charge in [0.05, 0.1) is 5.60 Å². The molecule has 4 rings (SSSR count). The van der Waals surface area contributed by atoms with Crippen molar-refractivity contribution in [2.75, 3.05) is 26.2 Å². The van der Waals surface area contributed by atoms with E-state index in [0.717, 1.165) is 56.3 Å². The molecule has 1 spiro atoms. The van der Waals surface area contributed by atoms with Crippen LogP contribution in [0.4, 0.5) is 0 Å². The largest absolute Gasteiger partial charge is 0.362 e. The van der Waals surface area contributed by atoms with Crippen molar-refractivity contribution in [3.05, 3.63) is 35.4 Å². The SMILES string of the molecule is Cc1ccc(C(=O)N2CC[C@]3(CC[C@@H](C(=O)N4CCCC4)O3)[C@@H](C)C2)cc1. The first-order valence-corrected chi connectivity index (χ1v) is 10.3. The molecule has 0 unspecified atom stereocenters. The van der Waals surface area contributed by atoms with Crippen LogP contribution < -0.4 is 0 Å². The maximum Gasteiger partial charge on any atom is 0.253 e. The number of hydrogen-bond donors (Lipinski definition) is 0. The van der Waals surface area contributed by atoms with Gasteiger partial charge in [-0.05, 0) is 51.2 Å². The van der Waals surface area contributed by atoms with Gasteiger partial charge in [0.25, 0.3) is 11.8 Å². The van der Waals surface area contributed by atoms with Crippen LogP contribution in [0.1, 0.15) is 54.9 Å². The Bertz CT molecular complexity index is 711. The topological polar surface area (TPSA) is 49.9 Å². The average molecular weight is 370 g/mol. The second-order valence-corrected chi connectivity index (χ2v) is 8.51. The van der Waals surface area contributed by atoms with Gasteiger partial charge in [-0.25, -0.2) is 0 Å². The van der Waals surface area contributed by atoms with E-state index < -0.39 is 0 Å². The highest BCUT2D eigenvalue weighted by molar-refractivity contribution is 5.94. The van der Waals surface area contributed by atoms with Crippen molar-refractivity contribution in [3.63, 3.8) is 0 Å². The van der Waals surface area contributed by atoms with Crippen LogP contribution in [-0.2, 0) is 9.53 Å². The molecule has 27 heavy (non-hydrogen) atoms. The predicted molar refractivity (Wildman–Crippen MR) is 104 cm³/mol. The molecule has 0 saturated carbocycles. The van der Waals surface area contributed by atoms with Crippen molar-refractivity contribution >= 4 is 11.8 Å². The summed E-state index contributed by atoms with van der Waals surface area (Å²) in [6.07, 6.45) is 4.48. The van der Waals surface area contributed by atoms with Crippen LogP contribution in [0.2, 0.25) is 0 Å². The third-order valence-electron chi connectivity index (χ3n) is 6.68. The van der Waals surface area contributed by atoms with E-state index in [1.54, 1.807) is 0 Å². The number of ether oxygens (including phenoxy) is 1. The quantitative estimate of drug-likeness (QED) is 0.804. The predicted octanol–water partition coefficient (Wildman–Crippen LogP) is 3.02. The molecule has 3 atom stereocenters. The number of carbonyl (C=O) groups is 2. The molecular formula is C22H30N2O3. The Kier molecular flexibility index (Phi) is 4.97. The van der Waals surface area contributed by atoms with Crippen LogP contribution >= 0.6 is 0 Å². The van der Waals surface area contributed by atoms with E-state index in [1.165, 1.54) is 0 Å². The number of amides is 2. The monoisotopic (exact) mass is 370 g/mol. The van der Waals surface area contributed by atoms with Crippen molar-refractivity contribution in [1.82, 2.24) is 9.80 Å². The lowest BCUT2D eigenvalue weighted by Gasteiger charge is -2.44. The third-order valence-corrected chi connectivity index (χ3v) is 6.68. The average Bonchev–Trinajstić information content (AvgIpc) is 3.35. The second kappa shape index (κ2) is 7.27. The molecule has 3 aliphatic heterocycles. The summed E-state index contributed by atoms with van der Waals surface area (Å²) in [6.45, 7) is 7.33. The lowest BCUT2D eigenvalue weighted by molar-refractivity contribution is -0.154. The molecule has 2 amide bonds. The van der Waals surface area contributed by atoms with E-state index in [4.69, 9.17) is 4.74 Å². The summed E-state index contributed by atoms with van der Waals surface area (Å²) in [4.78, 5) is 29.4. The normalized spacial score (nSPS) is 30.9. The van der Waals surface area contributed by atoms with Gasteiger partial charge in [-0.2, -0.15) is 0 Å². The van der Waals surface area contributed by atoms with Crippen molar-refractivity contribution in [2.45, 2.75) is 57.7 Å². The van der Waals surface area contributed by atoms with Crippen LogP contribution in [0.25, 0.3) is 0 Å². The van der Waals surface area contributed by atoms with Crippen molar-refractivity contribution in [3.8, 4) is 0 Å². The van der Waals surface area contributed by atoms with Crippen LogP contribution in [0.15, 0.2) is 24.3 Å². The first-order valence-electron chi connectivity index (χ1n) is 10.3. The third kappa shape index (κ3) is 3.49. The zero-order valence-corrected chi connectivity index (χ0v) is 16.4. The fraction of sp³-hybridized carbons (Fsp3) is 0.636. The number of piperidine rings is 1. The number of likely N-dealkylation sites (tertiary alicyclic amines) is 2. The Morgan fingerprint density at radius 1 is 1.04 bits per heavy atom. The number of rotatable bonds is 2. The standard InChI is InChI=1S/C22H30N2O3/c1-16-5-7-18(8-6-16)20(25)24-14-11-22(17(2)15-24)10-9-19(27-22)21(26)23-12-3-4-13-23/h5-8,17,19H,3-4,9-15H2,1-2H3/t17-,19-,22+/m0/s1. The molecular weight excluding hydrogens is 340 g/mol. The summed E-state index contributed by atoms with van der Waals surface area (Å²) in [5, 5.41) is 0. The molecule has 0 bridgehead atoms. The zero-order valence-electron chi connectivity index (χ0n) is 16.4. The number of hydrogen-bond acceptors (Lipinski definition) is 3. The van der Waals surface area contributed by atoms with Gasteiger partial charge in [0, 0.05) is 37.7 Å². The Morgan fingerprint density at radius 2 is 1.74 bits per heavy atom. The summed E-state index contributed by atoms with van der Waals surface area (Å²) in [6, 6.07) is 7.78. The van der Waals surface area contributed by atoms with Gasteiger partial charge in [0.1, 0.15) is 6.10 Å². The van der Waals surface area contributed by atoms with Crippen molar-refractivity contribution in [2.24, 2.45) is 5.92 Å². The molecule has 0 aromatic heterocycles. The van der Waals surface area contributed by atoms with E-state index in [1.807, 2.05) is 41.0 Å². The number of carbonyl (C=O) groups excluding carboxylic acids is 2. The molecule has 3 saturated heterocycles. The lowest BCUT2D eigenvalue weighted by Crippen LogP contribution is -2.53. The molecule has 5 heteroatoms. The van der Waals surface area contributed by atoms with Crippen molar-refractivity contribution in [1.29, 1.82) is 0 Å². The Morgan fingerprint density at radius 3 is 2.41 bits per heavy atom. The van der Waals surface area contributed by atoms with Crippen LogP contribution in [0.5, 0.6) is 0 Å². The molecule has 0 radical (unpaired) electrons. The summed E-state index contributed by atoms with van der Waals surface area (Å²) in [5.74, 6) is 0.506. The smallest absolute Gasteiger partial charge is 0.253 e. The summed E-state index contributed by atoms with van der Waals surface area (Å²) in [5.41, 5.74) is 1.66. The van der Waals surface area contributed by atoms with Gasteiger partial charge in [-0.3, -0.25) is 9.59 Å². The fourth-order valence-corrected chi connectivity index (χ4v) is 4.86. The van der Waals surface area contributed by atoms with Crippen molar-refractivity contribution < 1.29 is 14.3 Å². The number of aryl methyl sites for hydroxylation is 1. The van der Waals surface area contributed by atoms with Gasteiger partial charge < -0.3 is 14.5 Å². The van der Waals surface area contributed by atoms with Gasteiger partial charge in [0.2, 0.25) is 0 Å². The first kappa shape index (κ1) is 18.5. The van der Waals surface area contributed by atoms with Crippen LogP contribution in [0.3, 0.4) is 0 Å². The van der Waals surface area contributed by atoms with Gasteiger partial charge in [0.15, 0.2) is 0 Å². The van der Waals surface area contributed by atoms with E-state index >= 15 is 0 Å². The molecule has 146 valence electrons. The number of benzene rings is 1. The maximum atomic E-state index is 12.8. The minimum absolute atomic E-state index is 0.0967. The molecule has 5 nitrogen and oxygen atoms in total. The Labute approximate surface area is 161 Å². The molecule has 1 aromatic rings. The summed E-state index contributed by atoms with van der Waals surface area (Å²) >= 11 is 0.